The molecule has 1 fully saturated rings. The monoisotopic (exact) mass is 155 g/mol. The first kappa shape index (κ1) is 9.05. The number of hydrogen-bond acceptors (Lipinski definition) is 1. The Morgan fingerprint density at radius 3 is 2.18 bits per heavy atom. The first-order valence-corrected chi connectivity index (χ1v) is 5.01. The van der Waals surface area contributed by atoms with E-state index in [1.807, 2.05) is 0 Å². The molecule has 1 heteroatoms. The van der Waals surface area contributed by atoms with Crippen LogP contribution < -0.4 is 0 Å². The van der Waals surface area contributed by atoms with Crippen molar-refractivity contribution in [2.24, 2.45) is 0 Å². The quantitative estimate of drug-likeness (QED) is 0.592. The van der Waals surface area contributed by atoms with E-state index in [0.29, 0.717) is 0 Å². The Labute approximate surface area is 70.8 Å². The molecule has 66 valence electrons. The van der Waals surface area contributed by atoms with Crippen molar-refractivity contribution >= 4 is 0 Å². The summed E-state index contributed by atoms with van der Waals surface area (Å²) in [7, 11) is 0. The highest BCUT2D eigenvalue weighted by Crippen LogP contribution is 2.22. The van der Waals surface area contributed by atoms with Crippen molar-refractivity contribution in [3.05, 3.63) is 0 Å². The van der Waals surface area contributed by atoms with E-state index in [1.54, 1.807) is 0 Å². The number of likely N-dealkylation sites (tertiary alicyclic amines) is 1. The third-order valence-corrected chi connectivity index (χ3v) is 2.86. The minimum absolute atomic E-state index is 0.832. The molecule has 1 aliphatic heterocycles. The summed E-state index contributed by atoms with van der Waals surface area (Å²) in [4.78, 5) is 2.66. The molecule has 0 aromatic heterocycles. The lowest BCUT2D eigenvalue weighted by atomic mass is 9.97. The van der Waals surface area contributed by atoms with Gasteiger partial charge in [-0.2, -0.15) is 0 Å². The minimum atomic E-state index is 0.832. The van der Waals surface area contributed by atoms with Gasteiger partial charge in [-0.25, -0.2) is 0 Å². The van der Waals surface area contributed by atoms with Crippen LogP contribution in [0.25, 0.3) is 0 Å². The molecule has 2 atom stereocenters. The molecule has 1 nitrogen and oxygen atoms in total. The number of hydrogen-bond donors (Lipinski definition) is 0. The average Bonchev–Trinajstić information content (AvgIpc) is 1.97. The highest BCUT2D eigenvalue weighted by molar-refractivity contribution is 4.78. The molecule has 0 N–H and O–H groups in total. The SMILES string of the molecule is CCCN1[C@H](C)CCC[C@@H]1C. The molecule has 1 rings (SSSR count). The highest BCUT2D eigenvalue weighted by atomic mass is 15.2. The highest BCUT2D eigenvalue weighted by Gasteiger charge is 2.22. The number of rotatable bonds is 2. The van der Waals surface area contributed by atoms with Gasteiger partial charge in [-0.05, 0) is 39.7 Å². The molecule has 0 amide bonds. The normalized spacial score (nSPS) is 34.1. The lowest BCUT2D eigenvalue weighted by Gasteiger charge is -2.38. The van der Waals surface area contributed by atoms with Gasteiger partial charge in [0.2, 0.25) is 0 Å². The fourth-order valence-electron chi connectivity index (χ4n) is 2.17. The molecule has 0 unspecified atom stereocenters. The predicted molar refractivity (Wildman–Crippen MR) is 49.8 cm³/mol. The summed E-state index contributed by atoms with van der Waals surface area (Å²) in [6.07, 6.45) is 5.55. The van der Waals surface area contributed by atoms with Crippen LogP contribution in [0, 0.1) is 0 Å². The summed E-state index contributed by atoms with van der Waals surface area (Å²) in [5.74, 6) is 0. The number of piperidine rings is 1. The lowest BCUT2D eigenvalue weighted by molar-refractivity contribution is 0.104. The Morgan fingerprint density at radius 1 is 1.18 bits per heavy atom. The Bertz CT molecular complexity index is 101. The van der Waals surface area contributed by atoms with E-state index in [9.17, 15) is 0 Å². The van der Waals surface area contributed by atoms with Crippen molar-refractivity contribution in [2.45, 2.75) is 58.5 Å². The van der Waals surface area contributed by atoms with Crippen LogP contribution in [-0.4, -0.2) is 23.5 Å². The molecule has 0 spiro atoms. The largest absolute Gasteiger partial charge is 0.298 e. The van der Waals surface area contributed by atoms with Crippen LogP contribution in [-0.2, 0) is 0 Å². The van der Waals surface area contributed by atoms with E-state index in [2.05, 4.69) is 25.7 Å². The topological polar surface area (TPSA) is 3.24 Å². The summed E-state index contributed by atoms with van der Waals surface area (Å²) >= 11 is 0. The molecule has 1 saturated heterocycles. The summed E-state index contributed by atoms with van der Waals surface area (Å²) in [6.45, 7) is 8.30. The predicted octanol–water partition coefficient (Wildman–Crippen LogP) is 2.66. The van der Waals surface area contributed by atoms with Gasteiger partial charge in [0.15, 0.2) is 0 Å². The van der Waals surface area contributed by atoms with Gasteiger partial charge < -0.3 is 0 Å². The Morgan fingerprint density at radius 2 is 1.73 bits per heavy atom. The number of nitrogens with zero attached hydrogens (tertiary/aromatic N) is 1. The molecule has 0 aromatic rings. The molecule has 1 aliphatic rings. The van der Waals surface area contributed by atoms with Crippen LogP contribution in [0.15, 0.2) is 0 Å². The third kappa shape index (κ3) is 2.19. The fourth-order valence-corrected chi connectivity index (χ4v) is 2.17. The molecular weight excluding hydrogens is 134 g/mol. The van der Waals surface area contributed by atoms with Crippen molar-refractivity contribution in [3.8, 4) is 0 Å². The second kappa shape index (κ2) is 4.10. The van der Waals surface area contributed by atoms with Gasteiger partial charge in [0.25, 0.3) is 0 Å². The molecular formula is C10H21N. The summed E-state index contributed by atoms with van der Waals surface area (Å²) < 4.78 is 0. The van der Waals surface area contributed by atoms with Crippen molar-refractivity contribution in [1.29, 1.82) is 0 Å². The Kier molecular flexibility index (Phi) is 3.38. The molecule has 0 aliphatic carbocycles. The van der Waals surface area contributed by atoms with Gasteiger partial charge in [0.1, 0.15) is 0 Å². The molecule has 0 aromatic carbocycles. The van der Waals surface area contributed by atoms with Gasteiger partial charge in [0.05, 0.1) is 0 Å². The lowest BCUT2D eigenvalue weighted by Crippen LogP contribution is -2.43. The van der Waals surface area contributed by atoms with Gasteiger partial charge in [0, 0.05) is 12.1 Å². The van der Waals surface area contributed by atoms with Crippen LogP contribution in [0.3, 0.4) is 0 Å². The summed E-state index contributed by atoms with van der Waals surface area (Å²) in [5, 5.41) is 0. The van der Waals surface area contributed by atoms with E-state index in [4.69, 9.17) is 0 Å². The molecule has 0 bridgehead atoms. The summed E-state index contributed by atoms with van der Waals surface area (Å²) in [6, 6.07) is 1.66. The van der Waals surface area contributed by atoms with E-state index in [1.165, 1.54) is 32.2 Å². The van der Waals surface area contributed by atoms with E-state index in [-0.39, 0.29) is 0 Å². The van der Waals surface area contributed by atoms with Crippen LogP contribution in [0.2, 0.25) is 0 Å². The van der Waals surface area contributed by atoms with Gasteiger partial charge >= 0.3 is 0 Å². The first-order valence-electron chi connectivity index (χ1n) is 5.01. The zero-order valence-corrected chi connectivity index (χ0v) is 8.14. The van der Waals surface area contributed by atoms with E-state index in [0.717, 1.165) is 12.1 Å². The smallest absolute Gasteiger partial charge is 0.00697 e. The van der Waals surface area contributed by atoms with E-state index < -0.39 is 0 Å². The van der Waals surface area contributed by atoms with Crippen molar-refractivity contribution in [2.75, 3.05) is 6.54 Å². The minimum Gasteiger partial charge on any atom is -0.298 e. The van der Waals surface area contributed by atoms with Crippen molar-refractivity contribution in [1.82, 2.24) is 4.90 Å². The second-order valence-electron chi connectivity index (χ2n) is 3.87. The maximum absolute atomic E-state index is 2.66. The van der Waals surface area contributed by atoms with Crippen molar-refractivity contribution < 1.29 is 0 Å². The summed E-state index contributed by atoms with van der Waals surface area (Å²) in [5.41, 5.74) is 0. The molecule has 0 saturated carbocycles. The van der Waals surface area contributed by atoms with Gasteiger partial charge in [-0.1, -0.05) is 13.3 Å². The van der Waals surface area contributed by atoms with E-state index >= 15 is 0 Å². The maximum atomic E-state index is 2.66. The Hall–Kier alpha value is -0.0400. The van der Waals surface area contributed by atoms with Crippen LogP contribution >= 0.6 is 0 Å². The standard InChI is InChI=1S/C10H21N/c1-4-8-11-9(2)6-5-7-10(11)3/h9-10H,4-8H2,1-3H3/t9-,10+. The molecule has 0 radical (unpaired) electrons. The average molecular weight is 155 g/mol. The fraction of sp³-hybridized carbons (Fsp3) is 1.00. The molecule has 11 heavy (non-hydrogen) atoms. The van der Waals surface area contributed by atoms with Crippen LogP contribution in [0.1, 0.15) is 46.5 Å². The first-order chi connectivity index (χ1) is 5.25. The second-order valence-corrected chi connectivity index (χ2v) is 3.87. The zero-order valence-electron chi connectivity index (χ0n) is 8.14. The Balaban J connectivity index is 2.41. The van der Waals surface area contributed by atoms with Crippen LogP contribution in [0.4, 0.5) is 0 Å². The molecule has 1 heterocycles. The zero-order chi connectivity index (χ0) is 8.27. The van der Waals surface area contributed by atoms with Crippen molar-refractivity contribution in [3.63, 3.8) is 0 Å². The maximum Gasteiger partial charge on any atom is 0.00697 e. The van der Waals surface area contributed by atoms with Gasteiger partial charge in [-0.3, -0.25) is 4.90 Å². The van der Waals surface area contributed by atoms with Crippen LogP contribution in [0.5, 0.6) is 0 Å². The van der Waals surface area contributed by atoms with Gasteiger partial charge in [-0.15, -0.1) is 0 Å². The third-order valence-electron chi connectivity index (χ3n) is 2.86.